The number of imidazole rings is 1. The van der Waals surface area contributed by atoms with Crippen LogP contribution in [0, 0.1) is 5.41 Å². The van der Waals surface area contributed by atoms with Crippen LogP contribution in [0.4, 0.5) is 0 Å². The van der Waals surface area contributed by atoms with Crippen molar-refractivity contribution in [3.63, 3.8) is 0 Å². The zero-order valence-electron chi connectivity index (χ0n) is 13.6. The molecule has 1 aromatic heterocycles. The van der Waals surface area contributed by atoms with Gasteiger partial charge in [0.2, 0.25) is 0 Å². The molecule has 1 aromatic rings. The van der Waals surface area contributed by atoms with E-state index < -0.39 is 0 Å². The predicted octanol–water partition coefficient (Wildman–Crippen LogP) is 1.44. The van der Waals surface area contributed by atoms with Gasteiger partial charge in [0, 0.05) is 19.3 Å². The molecule has 5 nitrogen and oxygen atoms in total. The van der Waals surface area contributed by atoms with E-state index in [2.05, 4.69) is 16.5 Å². The Balaban J connectivity index is 1.57. The van der Waals surface area contributed by atoms with Gasteiger partial charge in [0.1, 0.15) is 5.82 Å². The minimum Gasteiger partial charge on any atom is -0.396 e. The lowest BCUT2D eigenvalue weighted by atomic mass is 9.86. The molecule has 3 aliphatic rings. The minimum atomic E-state index is -0.0344. The fraction of sp³-hybridized carbons (Fsp3) is 0.824. The summed E-state index contributed by atoms with van der Waals surface area (Å²) in [5, 5.41) is 9.71. The molecule has 0 amide bonds. The van der Waals surface area contributed by atoms with E-state index in [0.29, 0.717) is 19.3 Å². The highest BCUT2D eigenvalue weighted by Crippen LogP contribution is 2.38. The molecule has 5 heteroatoms. The summed E-state index contributed by atoms with van der Waals surface area (Å²) in [5.41, 5.74) is 2.75. The zero-order chi connectivity index (χ0) is 15.2. The molecule has 4 rings (SSSR count). The Kier molecular flexibility index (Phi) is 3.75. The van der Waals surface area contributed by atoms with Crippen molar-refractivity contribution in [1.29, 1.82) is 0 Å². The van der Waals surface area contributed by atoms with E-state index in [1.165, 1.54) is 49.3 Å². The van der Waals surface area contributed by atoms with E-state index in [-0.39, 0.29) is 12.0 Å². The normalized spacial score (nSPS) is 27.6. The molecular weight excluding hydrogens is 278 g/mol. The molecule has 0 radical (unpaired) electrons. The van der Waals surface area contributed by atoms with Gasteiger partial charge in [0.05, 0.1) is 37.0 Å². The number of aryl methyl sites for hydroxylation is 1. The van der Waals surface area contributed by atoms with Crippen LogP contribution in [-0.4, -0.2) is 52.5 Å². The topological polar surface area (TPSA) is 50.5 Å². The standard InChI is InChI=1S/C17H27N3O2/c1-19-14-6-3-2-5-13(14)18-16(19)15-7-4-8-20(15)9-17(10-21)11-22-12-17/h15,21H,2-12H2,1H3/t15-/m1/s1. The number of aliphatic hydroxyl groups is 1. The predicted molar refractivity (Wildman–Crippen MR) is 83.7 cm³/mol. The van der Waals surface area contributed by atoms with Crippen LogP contribution >= 0.6 is 0 Å². The highest BCUT2D eigenvalue weighted by Gasteiger charge is 2.43. The largest absolute Gasteiger partial charge is 0.396 e. The lowest BCUT2D eigenvalue weighted by Gasteiger charge is -2.43. The Labute approximate surface area is 132 Å². The van der Waals surface area contributed by atoms with Crippen LogP contribution in [-0.2, 0) is 24.6 Å². The first-order valence-corrected chi connectivity index (χ1v) is 8.69. The van der Waals surface area contributed by atoms with E-state index in [1.54, 1.807) is 0 Å². The third-order valence-electron chi connectivity index (χ3n) is 5.76. The summed E-state index contributed by atoms with van der Waals surface area (Å²) in [6.45, 7) is 3.68. The summed E-state index contributed by atoms with van der Waals surface area (Å²) in [6, 6.07) is 0.416. The lowest BCUT2D eigenvalue weighted by molar-refractivity contribution is -0.149. The average Bonchev–Trinajstić information content (AvgIpc) is 3.08. The van der Waals surface area contributed by atoms with Gasteiger partial charge in [-0.2, -0.15) is 0 Å². The van der Waals surface area contributed by atoms with Crippen molar-refractivity contribution < 1.29 is 9.84 Å². The Morgan fingerprint density at radius 2 is 2.09 bits per heavy atom. The molecule has 1 aliphatic carbocycles. The Hall–Kier alpha value is -0.910. The second-order valence-electron chi connectivity index (χ2n) is 7.41. The van der Waals surface area contributed by atoms with Gasteiger partial charge in [-0.25, -0.2) is 4.98 Å². The molecule has 1 N–H and O–H groups in total. The van der Waals surface area contributed by atoms with Crippen molar-refractivity contribution in [3.05, 3.63) is 17.2 Å². The third kappa shape index (κ3) is 2.30. The highest BCUT2D eigenvalue weighted by molar-refractivity contribution is 5.22. The maximum Gasteiger partial charge on any atom is 0.126 e. The van der Waals surface area contributed by atoms with E-state index >= 15 is 0 Å². The number of nitrogens with zero attached hydrogens (tertiary/aromatic N) is 3. The Bertz CT molecular complexity index is 545. The maximum absolute atomic E-state index is 9.71. The van der Waals surface area contributed by atoms with E-state index in [0.717, 1.165) is 19.5 Å². The summed E-state index contributed by atoms with van der Waals surface area (Å²) in [4.78, 5) is 7.54. The molecule has 0 aromatic carbocycles. The Morgan fingerprint density at radius 1 is 1.27 bits per heavy atom. The van der Waals surface area contributed by atoms with Crippen molar-refractivity contribution in [2.45, 2.75) is 44.6 Å². The van der Waals surface area contributed by atoms with Gasteiger partial charge in [-0.3, -0.25) is 4.90 Å². The number of hydrogen-bond donors (Lipinski definition) is 1. The first kappa shape index (κ1) is 14.7. The number of ether oxygens (including phenoxy) is 1. The van der Waals surface area contributed by atoms with Gasteiger partial charge >= 0.3 is 0 Å². The number of fused-ring (bicyclic) bond motifs is 1. The number of likely N-dealkylation sites (tertiary alicyclic amines) is 1. The van der Waals surface area contributed by atoms with E-state index in [9.17, 15) is 5.11 Å². The maximum atomic E-state index is 9.71. The molecular formula is C17H27N3O2. The zero-order valence-corrected chi connectivity index (χ0v) is 13.6. The highest BCUT2D eigenvalue weighted by atomic mass is 16.5. The van der Waals surface area contributed by atoms with E-state index in [1.807, 2.05) is 0 Å². The van der Waals surface area contributed by atoms with Gasteiger partial charge < -0.3 is 14.4 Å². The van der Waals surface area contributed by atoms with Crippen molar-refractivity contribution in [3.8, 4) is 0 Å². The molecule has 2 saturated heterocycles. The molecule has 1 atom stereocenters. The summed E-state index contributed by atoms with van der Waals surface area (Å²) in [7, 11) is 2.19. The minimum absolute atomic E-state index is 0.0344. The lowest BCUT2D eigenvalue weighted by Crippen LogP contribution is -2.53. The number of aromatic nitrogens is 2. The second kappa shape index (κ2) is 5.62. The molecule has 122 valence electrons. The second-order valence-corrected chi connectivity index (χ2v) is 7.41. The first-order valence-electron chi connectivity index (χ1n) is 8.69. The van der Waals surface area contributed by atoms with Crippen molar-refractivity contribution in [2.75, 3.05) is 32.9 Å². The SMILES string of the molecule is Cn1c([C@H]2CCCN2CC2(CO)COC2)nc2c1CCCC2. The van der Waals surface area contributed by atoms with Crippen LogP contribution < -0.4 is 0 Å². The van der Waals surface area contributed by atoms with Crippen LogP contribution in [0.3, 0.4) is 0 Å². The molecule has 0 bridgehead atoms. The van der Waals surface area contributed by atoms with E-state index in [4.69, 9.17) is 9.72 Å². The van der Waals surface area contributed by atoms with Gasteiger partial charge in [-0.05, 0) is 45.1 Å². The van der Waals surface area contributed by atoms with Crippen LogP contribution in [0.25, 0.3) is 0 Å². The number of hydrogen-bond acceptors (Lipinski definition) is 4. The van der Waals surface area contributed by atoms with Crippen molar-refractivity contribution in [1.82, 2.24) is 14.5 Å². The molecule has 0 spiro atoms. The van der Waals surface area contributed by atoms with Crippen LogP contribution in [0.15, 0.2) is 0 Å². The fourth-order valence-electron chi connectivity index (χ4n) is 4.37. The first-order chi connectivity index (χ1) is 10.7. The van der Waals surface area contributed by atoms with Crippen LogP contribution in [0.1, 0.15) is 48.9 Å². The molecule has 3 heterocycles. The summed E-state index contributed by atoms with van der Waals surface area (Å²) >= 11 is 0. The summed E-state index contributed by atoms with van der Waals surface area (Å²) in [6.07, 6.45) is 7.31. The monoisotopic (exact) mass is 305 g/mol. The van der Waals surface area contributed by atoms with Crippen molar-refractivity contribution >= 4 is 0 Å². The molecule has 2 aliphatic heterocycles. The van der Waals surface area contributed by atoms with Gasteiger partial charge in [0.15, 0.2) is 0 Å². The quantitative estimate of drug-likeness (QED) is 0.914. The molecule has 0 saturated carbocycles. The van der Waals surface area contributed by atoms with Crippen molar-refractivity contribution in [2.24, 2.45) is 12.5 Å². The average molecular weight is 305 g/mol. The number of aliphatic hydroxyl groups excluding tert-OH is 1. The molecule has 2 fully saturated rings. The Morgan fingerprint density at radius 3 is 2.77 bits per heavy atom. The van der Waals surface area contributed by atoms with Crippen LogP contribution in [0.2, 0.25) is 0 Å². The smallest absolute Gasteiger partial charge is 0.126 e. The molecule has 0 unspecified atom stereocenters. The summed E-state index contributed by atoms with van der Waals surface area (Å²) in [5.74, 6) is 1.25. The summed E-state index contributed by atoms with van der Waals surface area (Å²) < 4.78 is 7.72. The fourth-order valence-corrected chi connectivity index (χ4v) is 4.37. The van der Waals surface area contributed by atoms with Gasteiger partial charge in [-0.1, -0.05) is 0 Å². The van der Waals surface area contributed by atoms with Gasteiger partial charge in [0.25, 0.3) is 0 Å². The van der Waals surface area contributed by atoms with Crippen LogP contribution in [0.5, 0.6) is 0 Å². The molecule has 22 heavy (non-hydrogen) atoms. The van der Waals surface area contributed by atoms with Gasteiger partial charge in [-0.15, -0.1) is 0 Å². The number of rotatable bonds is 4. The third-order valence-corrected chi connectivity index (χ3v) is 5.76.